The first-order valence-electron chi connectivity index (χ1n) is 4.40. The summed E-state index contributed by atoms with van der Waals surface area (Å²) in [7, 11) is 0. The van der Waals surface area contributed by atoms with Crippen molar-refractivity contribution in [1.29, 1.82) is 5.26 Å². The molecule has 1 aromatic rings. The maximum absolute atomic E-state index is 9.10. The molecule has 1 rings (SSSR count). The molecule has 0 spiro atoms. The minimum absolute atomic E-state index is 0.210. The average molecular weight is 227 g/mol. The van der Waals surface area contributed by atoms with Gasteiger partial charge in [0.1, 0.15) is 0 Å². The number of nitrogens with zero attached hydrogens (tertiary/aromatic N) is 1. The quantitative estimate of drug-likeness (QED) is 0.715. The van der Waals surface area contributed by atoms with E-state index in [0.29, 0.717) is 16.3 Å². The molecule has 80 valence electrons. The van der Waals surface area contributed by atoms with Crippen molar-refractivity contribution in [2.24, 2.45) is 0 Å². The largest absolute Gasteiger partial charge is 0.394 e. The Morgan fingerprint density at radius 2 is 2.27 bits per heavy atom. The zero-order valence-corrected chi connectivity index (χ0v) is 8.70. The Morgan fingerprint density at radius 3 is 2.80 bits per heavy atom. The molecule has 0 aliphatic rings. The summed E-state index contributed by atoms with van der Waals surface area (Å²) in [6, 6.07) is 6.79. The van der Waals surface area contributed by atoms with Gasteiger partial charge in [-0.25, -0.2) is 0 Å². The van der Waals surface area contributed by atoms with Gasteiger partial charge in [0, 0.05) is 6.54 Å². The molecule has 3 N–H and O–H groups in total. The zero-order chi connectivity index (χ0) is 11.3. The highest BCUT2D eigenvalue weighted by Crippen LogP contribution is 2.22. The third kappa shape index (κ3) is 3.40. The van der Waals surface area contributed by atoms with Crippen molar-refractivity contribution in [3.63, 3.8) is 0 Å². The number of nitrogens with one attached hydrogen (secondary N) is 1. The smallest absolute Gasteiger partial charge is 0.0992 e. The van der Waals surface area contributed by atoms with Crippen molar-refractivity contribution in [3.05, 3.63) is 28.8 Å². The fraction of sp³-hybridized carbons (Fsp3) is 0.300. The van der Waals surface area contributed by atoms with Crippen molar-refractivity contribution < 1.29 is 10.2 Å². The second-order valence-electron chi connectivity index (χ2n) is 3.02. The van der Waals surface area contributed by atoms with Crippen LogP contribution in [0, 0.1) is 11.3 Å². The number of rotatable bonds is 4. The lowest BCUT2D eigenvalue weighted by atomic mass is 10.2. The first kappa shape index (κ1) is 11.8. The second kappa shape index (κ2) is 5.56. The first-order valence-corrected chi connectivity index (χ1v) is 4.77. The van der Waals surface area contributed by atoms with E-state index in [1.54, 1.807) is 12.1 Å². The standard InChI is InChI=1S/C10H11ClN2O2/c11-9-3-7(4-12)1-2-10(9)13-5-8(15)6-14/h1-3,8,13-15H,5-6H2/t8-/m0/s1. The van der Waals surface area contributed by atoms with Gasteiger partial charge < -0.3 is 15.5 Å². The molecule has 15 heavy (non-hydrogen) atoms. The van der Waals surface area contributed by atoms with Gasteiger partial charge in [0.05, 0.1) is 35.1 Å². The van der Waals surface area contributed by atoms with Crippen molar-refractivity contribution in [1.82, 2.24) is 0 Å². The van der Waals surface area contributed by atoms with Crippen LogP contribution in [0.5, 0.6) is 0 Å². The van der Waals surface area contributed by atoms with E-state index < -0.39 is 6.10 Å². The SMILES string of the molecule is N#Cc1ccc(NC[C@H](O)CO)c(Cl)c1. The number of nitriles is 1. The summed E-state index contributed by atoms with van der Waals surface area (Å²) in [6.07, 6.45) is -0.822. The van der Waals surface area contributed by atoms with Crippen LogP contribution in [0.2, 0.25) is 5.02 Å². The highest BCUT2D eigenvalue weighted by molar-refractivity contribution is 6.33. The minimum Gasteiger partial charge on any atom is -0.394 e. The first-order chi connectivity index (χ1) is 7.17. The highest BCUT2D eigenvalue weighted by atomic mass is 35.5. The van der Waals surface area contributed by atoms with Gasteiger partial charge in [0.2, 0.25) is 0 Å². The summed E-state index contributed by atoms with van der Waals surface area (Å²) in [4.78, 5) is 0. The van der Waals surface area contributed by atoms with E-state index in [0.717, 1.165) is 0 Å². The summed E-state index contributed by atoms with van der Waals surface area (Å²) in [5.41, 5.74) is 1.11. The third-order valence-corrected chi connectivity index (χ3v) is 2.15. The lowest BCUT2D eigenvalue weighted by molar-refractivity contribution is 0.105. The molecule has 1 atom stereocenters. The highest BCUT2D eigenvalue weighted by Gasteiger charge is 2.04. The molecule has 0 radical (unpaired) electrons. The molecule has 0 saturated heterocycles. The molecule has 0 saturated carbocycles. The maximum atomic E-state index is 9.10. The number of benzene rings is 1. The van der Waals surface area contributed by atoms with Crippen molar-refractivity contribution in [3.8, 4) is 6.07 Å². The van der Waals surface area contributed by atoms with Gasteiger partial charge in [-0.3, -0.25) is 0 Å². The van der Waals surface area contributed by atoms with Crippen LogP contribution in [-0.4, -0.2) is 29.5 Å². The lowest BCUT2D eigenvalue weighted by Gasteiger charge is -2.11. The number of hydrogen-bond donors (Lipinski definition) is 3. The fourth-order valence-corrected chi connectivity index (χ4v) is 1.27. The van der Waals surface area contributed by atoms with Gasteiger partial charge in [-0.15, -0.1) is 0 Å². The molecule has 1 aromatic carbocycles. The summed E-state index contributed by atoms with van der Waals surface area (Å²) in [5.74, 6) is 0. The van der Waals surface area contributed by atoms with Crippen molar-refractivity contribution in [2.75, 3.05) is 18.5 Å². The van der Waals surface area contributed by atoms with E-state index >= 15 is 0 Å². The van der Waals surface area contributed by atoms with Crippen LogP contribution in [0.25, 0.3) is 0 Å². The normalized spacial score (nSPS) is 11.9. The van der Waals surface area contributed by atoms with E-state index in [-0.39, 0.29) is 13.2 Å². The van der Waals surface area contributed by atoms with Crippen LogP contribution >= 0.6 is 11.6 Å². The Labute approximate surface area is 92.7 Å². The molecule has 0 heterocycles. The van der Waals surface area contributed by atoms with Crippen LogP contribution in [0.3, 0.4) is 0 Å². The second-order valence-corrected chi connectivity index (χ2v) is 3.43. The number of aliphatic hydroxyl groups is 2. The molecule has 0 aliphatic carbocycles. The van der Waals surface area contributed by atoms with Crippen LogP contribution in [0.4, 0.5) is 5.69 Å². The number of halogens is 1. The summed E-state index contributed by atoms with van der Waals surface area (Å²) in [5, 5.41) is 29.6. The van der Waals surface area contributed by atoms with Crippen LogP contribution in [-0.2, 0) is 0 Å². The fourth-order valence-electron chi connectivity index (χ4n) is 1.02. The van der Waals surface area contributed by atoms with E-state index in [4.69, 9.17) is 27.1 Å². The summed E-state index contributed by atoms with van der Waals surface area (Å²) < 4.78 is 0. The van der Waals surface area contributed by atoms with Gasteiger partial charge in [-0.1, -0.05) is 11.6 Å². The number of hydrogen-bond acceptors (Lipinski definition) is 4. The molecule has 0 bridgehead atoms. The number of anilines is 1. The Morgan fingerprint density at radius 1 is 1.53 bits per heavy atom. The van der Waals surface area contributed by atoms with Gasteiger partial charge in [0.15, 0.2) is 0 Å². The molecule has 0 aliphatic heterocycles. The summed E-state index contributed by atoms with van der Waals surface area (Å²) >= 11 is 5.88. The molecular formula is C10H11ClN2O2. The Bertz CT molecular complexity index is 376. The van der Waals surface area contributed by atoms with Gasteiger partial charge in [-0.2, -0.15) is 5.26 Å². The lowest BCUT2D eigenvalue weighted by Crippen LogP contribution is -2.23. The molecular weight excluding hydrogens is 216 g/mol. The van der Waals surface area contributed by atoms with E-state index in [1.807, 2.05) is 6.07 Å². The van der Waals surface area contributed by atoms with Crippen LogP contribution < -0.4 is 5.32 Å². The van der Waals surface area contributed by atoms with Crippen LogP contribution in [0.15, 0.2) is 18.2 Å². The van der Waals surface area contributed by atoms with E-state index in [9.17, 15) is 0 Å². The predicted octanol–water partition coefficient (Wildman–Crippen LogP) is 0.977. The van der Waals surface area contributed by atoms with Crippen LogP contribution in [0.1, 0.15) is 5.56 Å². The predicted molar refractivity (Wildman–Crippen MR) is 57.7 cm³/mol. The summed E-state index contributed by atoms with van der Waals surface area (Å²) in [6.45, 7) is -0.0942. The average Bonchev–Trinajstić information content (AvgIpc) is 2.26. The molecule has 0 unspecified atom stereocenters. The molecule has 0 aromatic heterocycles. The van der Waals surface area contributed by atoms with Gasteiger partial charge in [-0.05, 0) is 18.2 Å². The maximum Gasteiger partial charge on any atom is 0.0992 e. The number of aliphatic hydroxyl groups excluding tert-OH is 2. The molecule has 5 heteroatoms. The molecule has 0 amide bonds. The van der Waals surface area contributed by atoms with E-state index in [2.05, 4.69) is 5.32 Å². The zero-order valence-electron chi connectivity index (χ0n) is 7.94. The third-order valence-electron chi connectivity index (χ3n) is 1.84. The van der Waals surface area contributed by atoms with Gasteiger partial charge in [0.25, 0.3) is 0 Å². The Balaban J connectivity index is 2.67. The topological polar surface area (TPSA) is 76.3 Å². The van der Waals surface area contributed by atoms with E-state index in [1.165, 1.54) is 6.07 Å². The van der Waals surface area contributed by atoms with Gasteiger partial charge >= 0.3 is 0 Å². The molecule has 4 nitrogen and oxygen atoms in total. The Hall–Kier alpha value is -1.28. The van der Waals surface area contributed by atoms with Crippen molar-refractivity contribution >= 4 is 17.3 Å². The minimum atomic E-state index is -0.822. The Kier molecular flexibility index (Phi) is 4.37. The monoisotopic (exact) mass is 226 g/mol. The molecule has 0 fully saturated rings. The van der Waals surface area contributed by atoms with Crippen molar-refractivity contribution in [2.45, 2.75) is 6.10 Å².